The van der Waals surface area contributed by atoms with Gasteiger partial charge in [0.25, 0.3) is 0 Å². The van der Waals surface area contributed by atoms with Crippen LogP contribution in [0, 0.1) is 0 Å². The number of aromatic nitrogens is 6. The standard InChI is InChI=1S/C60H76N6O10/c1-67-59-57(73-43-47-29-17-11-18-30-47)55(71-41-45-25-13-9-14-26-45)53-51(75-59)39-65-37-49(61-63-65)33-21-22-34-50-38-66(64-62-50)40-52-54(70-36-24-8-6-4-3-5-7-23-35-69-53)56(72-42-46-27-15-10-16-28-46)58(60(68-2)76-52)74-44-48-31-19-12-20-32-48/h3-4,9-20,25-32,37-38,51-60H,5-8,21-24,33-36,39-44H2,1-2H3/b4-3-/t51-,52-,53-,54-,55+,56+,57-,58-,59+,60+/m1/s1. The van der Waals surface area contributed by atoms with Gasteiger partial charge < -0.3 is 47.4 Å². The van der Waals surface area contributed by atoms with Crippen LogP contribution in [0.1, 0.15) is 85.0 Å². The predicted octanol–water partition coefficient (Wildman–Crippen LogP) is 9.20. The van der Waals surface area contributed by atoms with E-state index in [1.165, 1.54) is 0 Å². The molecule has 6 aromatic rings. The molecule has 0 N–H and O–H groups in total. The van der Waals surface area contributed by atoms with Crippen molar-refractivity contribution in [3.63, 3.8) is 0 Å². The Bertz CT molecular complexity index is 2380. The number of fused-ring (bicyclic) bond motifs is 6. The summed E-state index contributed by atoms with van der Waals surface area (Å²) in [6, 6.07) is 40.6. The highest BCUT2D eigenvalue weighted by Crippen LogP contribution is 2.33. The largest absolute Gasteiger partial charge is 0.373 e. The van der Waals surface area contributed by atoms with Crippen LogP contribution in [0.3, 0.4) is 0 Å². The number of hydrogen-bond acceptors (Lipinski definition) is 14. The van der Waals surface area contributed by atoms with Crippen molar-refractivity contribution in [2.45, 2.75) is 165 Å². The van der Waals surface area contributed by atoms with Gasteiger partial charge in [0, 0.05) is 39.8 Å². The Morgan fingerprint density at radius 1 is 0.447 bits per heavy atom. The first-order chi connectivity index (χ1) is 37.6. The summed E-state index contributed by atoms with van der Waals surface area (Å²) in [7, 11) is 3.30. The fourth-order valence-electron chi connectivity index (χ4n) is 10.1. The van der Waals surface area contributed by atoms with Crippen molar-refractivity contribution < 1.29 is 47.4 Å². The SMILES string of the molecule is CO[C@H]1O[C@@H]2Cn3cc(nn3)CCCCc3cn(nn3)C[C@H]3O[C@H](OC)[C@H](OCc4ccccc4)[C@@H](OCc4ccccc4)[C@@H]3OCCCC/C=C\CCCCO[C@H]2[C@H](OCc2ccccc2)[C@H]1OCc1ccccc1. The summed E-state index contributed by atoms with van der Waals surface area (Å²) in [5, 5.41) is 18.3. The number of nitrogens with zero attached hydrogens (tertiary/aromatic N) is 6. The van der Waals surface area contributed by atoms with E-state index >= 15 is 0 Å². The molecule has 4 aromatic carbocycles. The second kappa shape index (κ2) is 29.9. The predicted molar refractivity (Wildman–Crippen MR) is 284 cm³/mol. The molecule has 0 aliphatic carbocycles. The first kappa shape index (κ1) is 55.3. The maximum Gasteiger partial charge on any atom is 0.186 e. The van der Waals surface area contributed by atoms with Gasteiger partial charge in [0.1, 0.15) is 48.8 Å². The molecule has 76 heavy (non-hydrogen) atoms. The number of allylic oxidation sites excluding steroid dienone is 2. The van der Waals surface area contributed by atoms with E-state index in [0.717, 1.165) is 97.8 Å². The zero-order valence-electron chi connectivity index (χ0n) is 44.1. The maximum absolute atomic E-state index is 6.87. The van der Waals surface area contributed by atoms with Crippen molar-refractivity contribution in [1.29, 1.82) is 0 Å². The average Bonchev–Trinajstić information content (AvgIpc) is 4.13. The van der Waals surface area contributed by atoms with Crippen molar-refractivity contribution in [2.75, 3.05) is 27.4 Å². The molecule has 16 heteroatoms. The minimum Gasteiger partial charge on any atom is -0.373 e. The molecule has 16 nitrogen and oxygen atoms in total. The molecule has 3 aliphatic rings. The molecule has 0 amide bonds. The van der Waals surface area contributed by atoms with E-state index in [-0.39, 0.29) is 0 Å². The van der Waals surface area contributed by atoms with E-state index in [9.17, 15) is 0 Å². The number of rotatable bonds is 14. The highest BCUT2D eigenvalue weighted by atomic mass is 16.7. The fourth-order valence-corrected chi connectivity index (χ4v) is 10.1. The van der Waals surface area contributed by atoms with Crippen LogP contribution in [0.15, 0.2) is 146 Å². The minimum absolute atomic E-state index is 0.364. The lowest BCUT2D eigenvalue weighted by Gasteiger charge is -2.45. The molecule has 0 spiro atoms. The molecule has 4 bridgehead atoms. The van der Waals surface area contributed by atoms with Crippen molar-refractivity contribution in [1.82, 2.24) is 30.0 Å². The molecule has 5 heterocycles. The van der Waals surface area contributed by atoms with E-state index in [1.807, 2.05) is 119 Å². The van der Waals surface area contributed by atoms with Crippen molar-refractivity contribution in [3.05, 3.63) is 180 Å². The monoisotopic (exact) mass is 1040 g/mol. The van der Waals surface area contributed by atoms with Crippen LogP contribution < -0.4 is 0 Å². The third kappa shape index (κ3) is 16.3. The Kier molecular flexibility index (Phi) is 21.7. The van der Waals surface area contributed by atoms with Gasteiger partial charge in [-0.25, -0.2) is 9.36 Å². The lowest BCUT2D eigenvalue weighted by molar-refractivity contribution is -0.318. The second-order valence-corrected chi connectivity index (χ2v) is 19.8. The summed E-state index contributed by atoms with van der Waals surface area (Å²) in [6.07, 6.45) is 11.8. The number of hydrogen-bond donors (Lipinski definition) is 0. The van der Waals surface area contributed by atoms with E-state index in [0.29, 0.717) is 52.7 Å². The van der Waals surface area contributed by atoms with Gasteiger partial charge >= 0.3 is 0 Å². The number of methoxy groups -OCH3 is 2. The number of ether oxygens (including phenoxy) is 10. The molecular weight excluding hydrogens is 965 g/mol. The van der Waals surface area contributed by atoms with E-state index in [2.05, 4.69) is 57.0 Å². The van der Waals surface area contributed by atoms with Crippen LogP contribution in [0.25, 0.3) is 0 Å². The third-order valence-electron chi connectivity index (χ3n) is 14.1. The highest BCUT2D eigenvalue weighted by Gasteiger charge is 2.50. The Labute approximate surface area is 447 Å². The van der Waals surface area contributed by atoms with Gasteiger partial charge in [0.2, 0.25) is 0 Å². The van der Waals surface area contributed by atoms with Gasteiger partial charge in [0.05, 0.1) is 50.9 Å². The lowest BCUT2D eigenvalue weighted by atomic mass is 9.97. The van der Waals surface area contributed by atoms with Gasteiger partial charge in [-0.15, -0.1) is 10.2 Å². The van der Waals surface area contributed by atoms with Gasteiger partial charge in [-0.05, 0) is 86.5 Å². The topological polar surface area (TPSA) is 154 Å². The molecule has 2 saturated heterocycles. The highest BCUT2D eigenvalue weighted by molar-refractivity contribution is 5.17. The normalized spacial score (nSPS) is 27.0. The van der Waals surface area contributed by atoms with Crippen LogP contribution in [-0.2, 0) is 99.7 Å². The Balaban J connectivity index is 0.903. The summed E-state index contributed by atoms with van der Waals surface area (Å²) < 4.78 is 70.0. The average molecular weight is 1040 g/mol. The molecule has 0 saturated carbocycles. The molecular formula is C60H76N6O10. The summed E-state index contributed by atoms with van der Waals surface area (Å²) in [5.74, 6) is 0. The Morgan fingerprint density at radius 2 is 0.803 bits per heavy atom. The molecule has 10 atom stereocenters. The molecule has 2 fully saturated rings. The van der Waals surface area contributed by atoms with E-state index in [1.54, 1.807) is 14.2 Å². The Hall–Kier alpha value is -5.50. The maximum atomic E-state index is 6.87. The van der Waals surface area contributed by atoms with Crippen LogP contribution in [0.2, 0.25) is 0 Å². The first-order valence-corrected chi connectivity index (χ1v) is 27.2. The minimum atomic E-state index is -0.715. The summed E-state index contributed by atoms with van der Waals surface area (Å²) >= 11 is 0. The molecule has 9 rings (SSSR count). The number of aryl methyl sites for hydroxylation is 2. The quantitative estimate of drug-likeness (QED) is 0.0953. The van der Waals surface area contributed by atoms with E-state index in [4.69, 9.17) is 47.4 Å². The smallest absolute Gasteiger partial charge is 0.186 e. The first-order valence-electron chi connectivity index (χ1n) is 27.2. The molecule has 0 radical (unpaired) electrons. The van der Waals surface area contributed by atoms with Crippen LogP contribution in [-0.4, -0.2) is 119 Å². The van der Waals surface area contributed by atoms with Crippen molar-refractivity contribution in [3.8, 4) is 0 Å². The summed E-state index contributed by atoms with van der Waals surface area (Å²) in [6.45, 7) is 3.30. The molecule has 3 aliphatic heterocycles. The summed E-state index contributed by atoms with van der Waals surface area (Å²) in [5.41, 5.74) is 5.98. The van der Waals surface area contributed by atoms with E-state index < -0.39 is 61.4 Å². The lowest BCUT2D eigenvalue weighted by Crippen LogP contribution is -2.61. The van der Waals surface area contributed by atoms with Crippen LogP contribution in [0.4, 0.5) is 0 Å². The third-order valence-corrected chi connectivity index (χ3v) is 14.1. The fraction of sp³-hybridized carbons (Fsp3) is 0.500. The number of benzene rings is 4. The van der Waals surface area contributed by atoms with Crippen LogP contribution in [0.5, 0.6) is 0 Å². The zero-order chi connectivity index (χ0) is 52.0. The second-order valence-electron chi connectivity index (χ2n) is 19.8. The summed E-state index contributed by atoms with van der Waals surface area (Å²) in [4.78, 5) is 0. The zero-order valence-corrected chi connectivity index (χ0v) is 44.1. The van der Waals surface area contributed by atoms with Crippen molar-refractivity contribution >= 4 is 0 Å². The van der Waals surface area contributed by atoms with Gasteiger partial charge in [-0.3, -0.25) is 0 Å². The van der Waals surface area contributed by atoms with Gasteiger partial charge in [-0.2, -0.15) is 0 Å². The Morgan fingerprint density at radius 3 is 1.16 bits per heavy atom. The van der Waals surface area contributed by atoms with Crippen LogP contribution >= 0.6 is 0 Å². The van der Waals surface area contributed by atoms with Gasteiger partial charge in [0.15, 0.2) is 12.6 Å². The molecule has 406 valence electrons. The molecule has 0 unspecified atom stereocenters. The molecule has 2 aromatic heterocycles. The van der Waals surface area contributed by atoms with Gasteiger partial charge in [-0.1, -0.05) is 144 Å². The van der Waals surface area contributed by atoms with Crippen molar-refractivity contribution in [2.24, 2.45) is 0 Å².